The van der Waals surface area contributed by atoms with E-state index in [9.17, 15) is 9.59 Å². The van der Waals surface area contributed by atoms with E-state index in [0.717, 1.165) is 0 Å². The normalized spacial score (nSPS) is 11.2. The van der Waals surface area contributed by atoms with E-state index in [1.165, 1.54) is 28.8 Å². The molecular weight excluding hydrogens is 351 g/mol. The molecule has 0 fully saturated rings. The minimum Gasteiger partial charge on any atom is -0.478 e. The summed E-state index contributed by atoms with van der Waals surface area (Å²) in [5, 5.41) is 9.96. The molecule has 0 unspecified atom stereocenters. The van der Waals surface area contributed by atoms with E-state index >= 15 is 0 Å². The fourth-order valence-corrected chi connectivity index (χ4v) is 2.70. The molecule has 0 spiro atoms. The zero-order valence-corrected chi connectivity index (χ0v) is 13.6. The maximum atomic E-state index is 12.2. The number of carboxylic acids is 1. The highest BCUT2D eigenvalue weighted by Crippen LogP contribution is 2.26. The standard InChI is InChI=1S/C17H10Cl2N2O3/c18-13-2-1-3-14(19)12(13)6-5-11-8-16(22)21-9-10(17(23)24)4-7-15(21)20-11/h1-9H,(H,23,24). The SMILES string of the molecule is O=C(O)c1ccc2nc(C=Cc3c(Cl)cccc3Cl)cc(=O)n2c1. The minimum absolute atomic E-state index is 0.0116. The van der Waals surface area contributed by atoms with Gasteiger partial charge in [-0.3, -0.25) is 9.20 Å². The topological polar surface area (TPSA) is 71.7 Å². The average Bonchev–Trinajstić information content (AvgIpc) is 2.54. The Hall–Kier alpha value is -2.63. The van der Waals surface area contributed by atoms with E-state index in [0.29, 0.717) is 26.9 Å². The molecule has 0 atom stereocenters. The number of hydrogen-bond donors (Lipinski definition) is 1. The van der Waals surface area contributed by atoms with Crippen LogP contribution in [0.1, 0.15) is 21.6 Å². The number of nitrogens with zero attached hydrogens (tertiary/aromatic N) is 2. The van der Waals surface area contributed by atoms with E-state index in [4.69, 9.17) is 28.3 Å². The van der Waals surface area contributed by atoms with Crippen LogP contribution in [0.2, 0.25) is 10.0 Å². The van der Waals surface area contributed by atoms with Gasteiger partial charge in [0.2, 0.25) is 0 Å². The predicted molar refractivity (Wildman–Crippen MR) is 93.8 cm³/mol. The highest BCUT2D eigenvalue weighted by atomic mass is 35.5. The van der Waals surface area contributed by atoms with Gasteiger partial charge in [-0.05, 0) is 36.4 Å². The van der Waals surface area contributed by atoms with Crippen LogP contribution in [-0.2, 0) is 0 Å². The molecule has 0 aliphatic rings. The number of halogens is 2. The number of aromatic carboxylic acids is 1. The Morgan fingerprint density at radius 1 is 1.12 bits per heavy atom. The number of hydrogen-bond acceptors (Lipinski definition) is 3. The lowest BCUT2D eigenvalue weighted by Gasteiger charge is -2.03. The summed E-state index contributed by atoms with van der Waals surface area (Å²) in [6.45, 7) is 0. The van der Waals surface area contributed by atoms with Gasteiger partial charge in [0.25, 0.3) is 5.56 Å². The van der Waals surface area contributed by atoms with Crippen molar-refractivity contribution in [2.45, 2.75) is 0 Å². The van der Waals surface area contributed by atoms with Gasteiger partial charge in [0.15, 0.2) is 0 Å². The smallest absolute Gasteiger partial charge is 0.337 e. The maximum absolute atomic E-state index is 12.2. The van der Waals surface area contributed by atoms with Crippen LogP contribution in [0.4, 0.5) is 0 Å². The number of carboxylic acid groups (broad SMARTS) is 1. The molecule has 24 heavy (non-hydrogen) atoms. The summed E-state index contributed by atoms with van der Waals surface area (Å²) in [4.78, 5) is 27.4. The van der Waals surface area contributed by atoms with Gasteiger partial charge in [0.1, 0.15) is 5.65 Å². The van der Waals surface area contributed by atoms with Gasteiger partial charge >= 0.3 is 5.97 Å². The monoisotopic (exact) mass is 360 g/mol. The molecule has 0 saturated carbocycles. The highest BCUT2D eigenvalue weighted by molar-refractivity contribution is 6.37. The molecule has 7 heteroatoms. The Labute approximate surface area is 146 Å². The van der Waals surface area contributed by atoms with Crippen LogP contribution < -0.4 is 5.56 Å². The molecule has 0 aliphatic carbocycles. The van der Waals surface area contributed by atoms with Gasteiger partial charge in [-0.1, -0.05) is 29.3 Å². The molecule has 5 nitrogen and oxygen atoms in total. The van der Waals surface area contributed by atoms with Crippen molar-refractivity contribution in [2.24, 2.45) is 0 Å². The summed E-state index contributed by atoms with van der Waals surface area (Å²) in [6.07, 6.45) is 4.54. The Bertz CT molecular complexity index is 1020. The van der Waals surface area contributed by atoms with Crippen molar-refractivity contribution in [3.8, 4) is 0 Å². The first-order valence-corrected chi connectivity index (χ1v) is 7.60. The summed E-state index contributed by atoms with van der Waals surface area (Å²) in [5.41, 5.74) is 1.02. The molecule has 2 aromatic heterocycles. The van der Waals surface area contributed by atoms with Gasteiger partial charge in [0.05, 0.1) is 11.3 Å². The number of fused-ring (bicyclic) bond motifs is 1. The van der Waals surface area contributed by atoms with E-state index in [-0.39, 0.29) is 11.1 Å². The molecule has 0 radical (unpaired) electrons. The van der Waals surface area contributed by atoms with E-state index in [1.807, 2.05) is 0 Å². The number of carbonyl (C=O) groups is 1. The molecule has 3 rings (SSSR count). The molecule has 1 aromatic carbocycles. The maximum Gasteiger partial charge on any atom is 0.337 e. The summed E-state index contributed by atoms with van der Waals surface area (Å²) in [7, 11) is 0. The third-order valence-corrected chi connectivity index (χ3v) is 4.01. The second-order valence-electron chi connectivity index (χ2n) is 4.94. The molecule has 0 aliphatic heterocycles. The van der Waals surface area contributed by atoms with Gasteiger partial charge in [-0.15, -0.1) is 0 Å². The van der Waals surface area contributed by atoms with Crippen molar-refractivity contribution in [3.63, 3.8) is 0 Å². The van der Waals surface area contributed by atoms with Crippen molar-refractivity contribution in [1.29, 1.82) is 0 Å². The number of rotatable bonds is 3. The van der Waals surface area contributed by atoms with Gasteiger partial charge in [-0.25, -0.2) is 9.78 Å². The van der Waals surface area contributed by atoms with E-state index in [2.05, 4.69) is 4.98 Å². The minimum atomic E-state index is -1.11. The molecule has 120 valence electrons. The highest BCUT2D eigenvalue weighted by Gasteiger charge is 2.07. The molecule has 3 aromatic rings. The van der Waals surface area contributed by atoms with Crippen LogP contribution in [0.25, 0.3) is 17.8 Å². The quantitative estimate of drug-likeness (QED) is 0.769. The van der Waals surface area contributed by atoms with Crippen LogP contribution in [0.15, 0.2) is 47.4 Å². The van der Waals surface area contributed by atoms with Crippen molar-refractivity contribution in [1.82, 2.24) is 9.38 Å². The zero-order valence-electron chi connectivity index (χ0n) is 12.1. The van der Waals surface area contributed by atoms with Crippen LogP contribution in [0, 0.1) is 0 Å². The lowest BCUT2D eigenvalue weighted by Crippen LogP contribution is -2.15. The van der Waals surface area contributed by atoms with Crippen molar-refractivity contribution < 1.29 is 9.90 Å². The Balaban J connectivity index is 2.05. The Morgan fingerprint density at radius 3 is 2.50 bits per heavy atom. The first-order chi connectivity index (χ1) is 11.5. The number of aromatic nitrogens is 2. The summed E-state index contributed by atoms with van der Waals surface area (Å²) in [5.74, 6) is -1.11. The first kappa shape index (κ1) is 16.2. The molecule has 1 N–H and O–H groups in total. The van der Waals surface area contributed by atoms with Crippen LogP contribution in [0.3, 0.4) is 0 Å². The van der Waals surface area contributed by atoms with Crippen LogP contribution >= 0.6 is 23.2 Å². The van der Waals surface area contributed by atoms with E-state index in [1.54, 1.807) is 30.4 Å². The fourth-order valence-electron chi connectivity index (χ4n) is 2.17. The zero-order chi connectivity index (χ0) is 17.3. The third kappa shape index (κ3) is 3.18. The second-order valence-corrected chi connectivity index (χ2v) is 5.75. The fraction of sp³-hybridized carbons (Fsp3) is 0. The second kappa shape index (κ2) is 6.47. The average molecular weight is 361 g/mol. The molecule has 0 saturated heterocycles. The van der Waals surface area contributed by atoms with Crippen molar-refractivity contribution in [2.75, 3.05) is 0 Å². The van der Waals surface area contributed by atoms with Crippen LogP contribution in [-0.4, -0.2) is 20.5 Å². The van der Waals surface area contributed by atoms with Crippen molar-refractivity contribution in [3.05, 3.63) is 79.8 Å². The molecule has 0 amide bonds. The first-order valence-electron chi connectivity index (χ1n) is 6.84. The van der Waals surface area contributed by atoms with Gasteiger partial charge < -0.3 is 5.11 Å². The van der Waals surface area contributed by atoms with Gasteiger partial charge in [0, 0.05) is 27.9 Å². The summed E-state index contributed by atoms with van der Waals surface area (Å²) in [6, 6.07) is 9.34. The number of benzene rings is 1. The molecule has 2 heterocycles. The molecule has 0 bridgehead atoms. The number of pyridine rings is 1. The largest absolute Gasteiger partial charge is 0.478 e. The predicted octanol–water partition coefficient (Wildman–Crippen LogP) is 3.87. The van der Waals surface area contributed by atoms with Crippen LogP contribution in [0.5, 0.6) is 0 Å². The summed E-state index contributed by atoms with van der Waals surface area (Å²) >= 11 is 12.2. The lowest BCUT2D eigenvalue weighted by molar-refractivity contribution is 0.0696. The van der Waals surface area contributed by atoms with Crippen molar-refractivity contribution >= 4 is 47.0 Å². The third-order valence-electron chi connectivity index (χ3n) is 3.35. The van der Waals surface area contributed by atoms with Gasteiger partial charge in [-0.2, -0.15) is 0 Å². The Morgan fingerprint density at radius 2 is 1.83 bits per heavy atom. The van der Waals surface area contributed by atoms with E-state index < -0.39 is 5.97 Å². The summed E-state index contributed by atoms with van der Waals surface area (Å²) < 4.78 is 1.18. The lowest BCUT2D eigenvalue weighted by atomic mass is 10.2. The molecular formula is C17H10Cl2N2O3. The Kier molecular flexibility index (Phi) is 4.38.